The van der Waals surface area contributed by atoms with Crippen LogP contribution in [0.1, 0.15) is 38.3 Å². The zero-order valence-electron chi connectivity index (χ0n) is 11.0. The molecule has 0 bridgehead atoms. The summed E-state index contributed by atoms with van der Waals surface area (Å²) >= 11 is 0. The third-order valence-corrected chi connectivity index (χ3v) is 2.87. The zero-order valence-corrected chi connectivity index (χ0v) is 11.0. The summed E-state index contributed by atoms with van der Waals surface area (Å²) in [7, 11) is 4.19. The van der Waals surface area contributed by atoms with Gasteiger partial charge in [-0.25, -0.2) is 0 Å². The van der Waals surface area contributed by atoms with Crippen molar-refractivity contribution >= 4 is 5.69 Å². The van der Waals surface area contributed by atoms with E-state index >= 15 is 0 Å². The summed E-state index contributed by atoms with van der Waals surface area (Å²) in [6.07, 6.45) is 2.49. The van der Waals surface area contributed by atoms with Crippen molar-refractivity contribution in [2.45, 2.75) is 32.7 Å². The van der Waals surface area contributed by atoms with Crippen LogP contribution in [0.5, 0.6) is 0 Å². The number of nitrogens with zero attached hydrogens (tertiary/aromatic N) is 1. The van der Waals surface area contributed by atoms with E-state index < -0.39 is 0 Å². The van der Waals surface area contributed by atoms with Gasteiger partial charge in [0.15, 0.2) is 0 Å². The first kappa shape index (κ1) is 13.0. The Bertz CT molecular complexity index is 307. The molecule has 0 radical (unpaired) electrons. The smallest absolute Gasteiger partial charge is 0.0409 e. The Kier molecular flexibility index (Phi) is 5.33. The molecule has 1 N–H and O–H groups in total. The Morgan fingerprint density at radius 1 is 1.25 bits per heavy atom. The van der Waals surface area contributed by atoms with E-state index in [1.165, 1.54) is 24.1 Å². The van der Waals surface area contributed by atoms with E-state index in [4.69, 9.17) is 0 Å². The lowest BCUT2D eigenvalue weighted by Gasteiger charge is -2.22. The Morgan fingerprint density at radius 2 is 1.94 bits per heavy atom. The lowest BCUT2D eigenvalue weighted by Crippen LogP contribution is -2.22. The minimum absolute atomic E-state index is 0.421. The molecule has 0 aromatic heterocycles. The monoisotopic (exact) mass is 220 g/mol. The van der Waals surface area contributed by atoms with Gasteiger partial charge in [-0.3, -0.25) is 0 Å². The van der Waals surface area contributed by atoms with Crippen LogP contribution < -0.4 is 10.2 Å². The van der Waals surface area contributed by atoms with E-state index in [-0.39, 0.29) is 0 Å². The highest BCUT2D eigenvalue weighted by Crippen LogP contribution is 2.24. The first-order valence-corrected chi connectivity index (χ1v) is 6.16. The number of nitrogens with one attached hydrogen (secondary N) is 1. The Balaban J connectivity index is 2.70. The number of hydrogen-bond acceptors (Lipinski definition) is 2. The molecule has 0 saturated carbocycles. The lowest BCUT2D eigenvalue weighted by atomic mass is 10.1. The first-order chi connectivity index (χ1) is 7.66. The van der Waals surface area contributed by atoms with Crippen molar-refractivity contribution in [3.05, 3.63) is 29.8 Å². The second kappa shape index (κ2) is 6.54. The predicted molar refractivity (Wildman–Crippen MR) is 72.1 cm³/mol. The minimum Gasteiger partial charge on any atom is -0.377 e. The van der Waals surface area contributed by atoms with Crippen molar-refractivity contribution in [1.82, 2.24) is 5.32 Å². The number of anilines is 1. The summed E-state index contributed by atoms with van der Waals surface area (Å²) in [6.45, 7) is 5.55. The summed E-state index contributed by atoms with van der Waals surface area (Å²) in [4.78, 5) is 2.17. The van der Waals surface area contributed by atoms with Gasteiger partial charge in [-0.1, -0.05) is 31.5 Å². The van der Waals surface area contributed by atoms with Gasteiger partial charge in [0.25, 0.3) is 0 Å². The molecule has 0 saturated heterocycles. The second-order valence-electron chi connectivity index (χ2n) is 4.48. The molecule has 0 fully saturated rings. The largest absolute Gasteiger partial charge is 0.377 e. The highest BCUT2D eigenvalue weighted by atomic mass is 15.1. The number of para-hydroxylation sites is 1. The van der Waals surface area contributed by atoms with Crippen LogP contribution in [0.25, 0.3) is 0 Å². The normalized spacial score (nSPS) is 12.5. The van der Waals surface area contributed by atoms with Gasteiger partial charge >= 0.3 is 0 Å². The molecule has 0 amide bonds. The Hall–Kier alpha value is -1.02. The SMILES string of the molecule is CCCCNC(C)c1ccccc1N(C)C. The van der Waals surface area contributed by atoms with Gasteiger partial charge in [-0.05, 0) is 31.5 Å². The first-order valence-electron chi connectivity index (χ1n) is 6.16. The highest BCUT2D eigenvalue weighted by molar-refractivity contribution is 5.53. The van der Waals surface area contributed by atoms with Gasteiger partial charge in [0.05, 0.1) is 0 Å². The van der Waals surface area contributed by atoms with Crippen LogP contribution >= 0.6 is 0 Å². The maximum atomic E-state index is 3.57. The summed E-state index contributed by atoms with van der Waals surface area (Å²) in [5.41, 5.74) is 2.68. The zero-order chi connectivity index (χ0) is 12.0. The van der Waals surface area contributed by atoms with E-state index in [2.05, 4.69) is 62.4 Å². The molecule has 0 spiro atoms. The number of rotatable bonds is 6. The van der Waals surface area contributed by atoms with Crippen LogP contribution in [0.2, 0.25) is 0 Å². The summed E-state index contributed by atoms with van der Waals surface area (Å²) in [5.74, 6) is 0. The quantitative estimate of drug-likeness (QED) is 0.741. The number of benzene rings is 1. The standard InChI is InChI=1S/C14H24N2/c1-5-6-11-15-12(2)13-9-7-8-10-14(13)16(3)4/h7-10,12,15H,5-6,11H2,1-4H3. The third kappa shape index (κ3) is 3.53. The van der Waals surface area contributed by atoms with Crippen LogP contribution in [0.4, 0.5) is 5.69 Å². The molecular formula is C14H24N2. The molecule has 1 unspecified atom stereocenters. The minimum atomic E-state index is 0.421. The molecule has 1 rings (SSSR count). The van der Waals surface area contributed by atoms with Crippen molar-refractivity contribution in [2.75, 3.05) is 25.5 Å². The molecule has 0 heterocycles. The molecule has 2 nitrogen and oxygen atoms in total. The Labute approximate surface area is 99.7 Å². The fourth-order valence-corrected chi connectivity index (χ4v) is 1.87. The van der Waals surface area contributed by atoms with Gasteiger partial charge in [-0.2, -0.15) is 0 Å². The van der Waals surface area contributed by atoms with E-state index in [1.54, 1.807) is 0 Å². The molecule has 0 aliphatic carbocycles. The molecule has 1 aromatic carbocycles. The van der Waals surface area contributed by atoms with Gasteiger partial charge in [-0.15, -0.1) is 0 Å². The van der Waals surface area contributed by atoms with Gasteiger partial charge in [0.1, 0.15) is 0 Å². The summed E-state index contributed by atoms with van der Waals surface area (Å²) in [5, 5.41) is 3.57. The molecule has 0 aliphatic heterocycles. The number of hydrogen-bond donors (Lipinski definition) is 1. The number of unbranched alkanes of at least 4 members (excludes halogenated alkanes) is 1. The molecule has 1 aromatic rings. The maximum Gasteiger partial charge on any atom is 0.0409 e. The second-order valence-corrected chi connectivity index (χ2v) is 4.48. The van der Waals surface area contributed by atoms with E-state index in [0.29, 0.717) is 6.04 Å². The van der Waals surface area contributed by atoms with Crippen LogP contribution in [-0.4, -0.2) is 20.6 Å². The molecule has 2 heteroatoms. The molecule has 0 aliphatic rings. The van der Waals surface area contributed by atoms with Crippen LogP contribution in [0.3, 0.4) is 0 Å². The van der Waals surface area contributed by atoms with Crippen molar-refractivity contribution in [1.29, 1.82) is 0 Å². The predicted octanol–water partition coefficient (Wildman–Crippen LogP) is 3.20. The summed E-state index contributed by atoms with van der Waals surface area (Å²) in [6, 6.07) is 9.01. The van der Waals surface area contributed by atoms with Gasteiger partial charge < -0.3 is 10.2 Å². The van der Waals surface area contributed by atoms with Crippen molar-refractivity contribution < 1.29 is 0 Å². The maximum absolute atomic E-state index is 3.57. The van der Waals surface area contributed by atoms with E-state index in [1.807, 2.05) is 0 Å². The van der Waals surface area contributed by atoms with E-state index in [9.17, 15) is 0 Å². The topological polar surface area (TPSA) is 15.3 Å². The van der Waals surface area contributed by atoms with Crippen molar-refractivity contribution in [3.8, 4) is 0 Å². The molecule has 16 heavy (non-hydrogen) atoms. The summed E-state index contributed by atoms with van der Waals surface area (Å²) < 4.78 is 0. The van der Waals surface area contributed by atoms with E-state index in [0.717, 1.165) is 6.54 Å². The Morgan fingerprint density at radius 3 is 2.56 bits per heavy atom. The fraction of sp³-hybridized carbons (Fsp3) is 0.571. The fourth-order valence-electron chi connectivity index (χ4n) is 1.87. The van der Waals surface area contributed by atoms with Crippen LogP contribution in [0, 0.1) is 0 Å². The highest BCUT2D eigenvalue weighted by Gasteiger charge is 2.10. The van der Waals surface area contributed by atoms with Gasteiger partial charge in [0.2, 0.25) is 0 Å². The molecule has 1 atom stereocenters. The van der Waals surface area contributed by atoms with Crippen molar-refractivity contribution in [2.24, 2.45) is 0 Å². The van der Waals surface area contributed by atoms with Crippen molar-refractivity contribution in [3.63, 3.8) is 0 Å². The lowest BCUT2D eigenvalue weighted by molar-refractivity contribution is 0.554. The molecular weight excluding hydrogens is 196 g/mol. The third-order valence-electron chi connectivity index (χ3n) is 2.87. The molecule has 90 valence electrons. The van der Waals surface area contributed by atoms with Crippen LogP contribution in [-0.2, 0) is 0 Å². The average Bonchev–Trinajstić information content (AvgIpc) is 2.29. The van der Waals surface area contributed by atoms with Crippen LogP contribution in [0.15, 0.2) is 24.3 Å². The average molecular weight is 220 g/mol. The van der Waals surface area contributed by atoms with Gasteiger partial charge in [0, 0.05) is 25.8 Å².